The fourth-order valence-electron chi connectivity index (χ4n) is 3.48. The van der Waals surface area contributed by atoms with E-state index >= 15 is 0 Å². The van der Waals surface area contributed by atoms with Gasteiger partial charge < -0.3 is 5.32 Å². The molecule has 1 N–H and O–H groups in total. The second-order valence-electron chi connectivity index (χ2n) is 7.12. The van der Waals surface area contributed by atoms with E-state index < -0.39 is 0 Å². The molecule has 2 aromatic heterocycles. The molecular weight excluding hydrogens is 414 g/mol. The van der Waals surface area contributed by atoms with Crippen LogP contribution in [-0.4, -0.2) is 21.2 Å². The Kier molecular flexibility index (Phi) is 5.74. The van der Waals surface area contributed by atoms with Crippen LogP contribution < -0.4 is 10.9 Å². The van der Waals surface area contributed by atoms with E-state index in [1.165, 1.54) is 23.1 Å². The highest BCUT2D eigenvalue weighted by atomic mass is 32.2. The topological polar surface area (TPSA) is 64.0 Å². The fourth-order valence-corrected chi connectivity index (χ4v) is 5.05. The van der Waals surface area contributed by atoms with Crippen LogP contribution in [0.2, 0.25) is 0 Å². The number of benzene rings is 2. The monoisotopic (exact) mass is 435 g/mol. The highest BCUT2D eigenvalue weighted by molar-refractivity contribution is 7.99. The molecule has 0 fully saturated rings. The summed E-state index contributed by atoms with van der Waals surface area (Å²) < 4.78 is 2.19. The van der Waals surface area contributed by atoms with Crippen molar-refractivity contribution in [2.45, 2.75) is 25.9 Å². The van der Waals surface area contributed by atoms with Crippen molar-refractivity contribution in [3.63, 3.8) is 0 Å². The molecule has 0 aliphatic rings. The van der Waals surface area contributed by atoms with Gasteiger partial charge in [0.15, 0.2) is 5.16 Å². The van der Waals surface area contributed by atoms with E-state index in [0.717, 1.165) is 28.1 Å². The van der Waals surface area contributed by atoms with Gasteiger partial charge in [0, 0.05) is 5.69 Å². The van der Waals surface area contributed by atoms with Crippen molar-refractivity contribution in [3.05, 3.63) is 81.0 Å². The van der Waals surface area contributed by atoms with Crippen molar-refractivity contribution in [2.75, 3.05) is 11.1 Å². The third-order valence-electron chi connectivity index (χ3n) is 4.74. The first-order valence-electron chi connectivity index (χ1n) is 9.50. The van der Waals surface area contributed by atoms with Gasteiger partial charge in [-0.1, -0.05) is 47.7 Å². The molecule has 4 aromatic rings. The van der Waals surface area contributed by atoms with Crippen LogP contribution in [-0.2, 0) is 4.79 Å². The number of thioether (sulfide) groups is 1. The first-order chi connectivity index (χ1) is 14.4. The number of aryl methyl sites for hydroxylation is 3. The van der Waals surface area contributed by atoms with Crippen molar-refractivity contribution < 1.29 is 4.79 Å². The second kappa shape index (κ2) is 8.45. The highest BCUT2D eigenvalue weighted by Crippen LogP contribution is 2.25. The Morgan fingerprint density at radius 2 is 1.80 bits per heavy atom. The normalized spacial score (nSPS) is 11.0. The molecule has 4 rings (SSSR count). The van der Waals surface area contributed by atoms with Gasteiger partial charge in [-0.3, -0.25) is 14.2 Å². The number of para-hydroxylation sites is 1. The number of thiophene rings is 1. The lowest BCUT2D eigenvalue weighted by atomic mass is 10.1. The van der Waals surface area contributed by atoms with Gasteiger partial charge in [-0.2, -0.15) is 0 Å². The van der Waals surface area contributed by atoms with Crippen LogP contribution in [0.1, 0.15) is 16.7 Å². The maximum atomic E-state index is 13.1. The number of fused-ring (bicyclic) bond motifs is 1. The van der Waals surface area contributed by atoms with Gasteiger partial charge in [0.25, 0.3) is 5.56 Å². The zero-order valence-corrected chi connectivity index (χ0v) is 18.6. The minimum absolute atomic E-state index is 0.116. The van der Waals surface area contributed by atoms with E-state index in [0.29, 0.717) is 15.4 Å². The van der Waals surface area contributed by atoms with Crippen LogP contribution in [0.15, 0.2) is 63.9 Å². The van der Waals surface area contributed by atoms with Gasteiger partial charge in [0.05, 0.1) is 17.0 Å². The third kappa shape index (κ3) is 4.04. The Hall–Kier alpha value is -2.90. The Bertz CT molecular complexity index is 1270. The zero-order chi connectivity index (χ0) is 21.3. The van der Waals surface area contributed by atoms with E-state index in [4.69, 9.17) is 0 Å². The van der Waals surface area contributed by atoms with Crippen LogP contribution in [0, 0.1) is 20.8 Å². The molecule has 0 bridgehead atoms. The molecule has 152 valence electrons. The number of hydrogen-bond acceptors (Lipinski definition) is 5. The number of carbonyl (C=O) groups excluding carboxylic acids is 1. The average molecular weight is 436 g/mol. The molecule has 1 amide bonds. The van der Waals surface area contributed by atoms with Crippen molar-refractivity contribution in [1.29, 1.82) is 0 Å². The minimum Gasteiger partial charge on any atom is -0.325 e. The molecule has 5 nitrogen and oxygen atoms in total. The lowest BCUT2D eigenvalue weighted by Gasteiger charge is -2.14. The second-order valence-corrected chi connectivity index (χ2v) is 8.97. The molecule has 0 unspecified atom stereocenters. The van der Waals surface area contributed by atoms with E-state index in [2.05, 4.69) is 22.4 Å². The smallest absolute Gasteiger partial charge is 0.276 e. The number of rotatable bonds is 5. The molecule has 0 saturated carbocycles. The molecule has 0 spiro atoms. The summed E-state index contributed by atoms with van der Waals surface area (Å²) in [6.45, 7) is 6.01. The van der Waals surface area contributed by atoms with E-state index in [-0.39, 0.29) is 17.2 Å². The number of nitrogens with one attached hydrogen (secondary N) is 1. The quantitative estimate of drug-likeness (QED) is 0.350. The Balaban J connectivity index is 1.63. The van der Waals surface area contributed by atoms with Gasteiger partial charge in [-0.15, -0.1) is 11.3 Å². The number of aromatic nitrogens is 2. The van der Waals surface area contributed by atoms with Crippen molar-refractivity contribution in [3.8, 4) is 5.69 Å². The van der Waals surface area contributed by atoms with Crippen LogP contribution in [0.25, 0.3) is 15.9 Å². The summed E-state index contributed by atoms with van der Waals surface area (Å²) in [5.41, 5.74) is 5.35. The standard InChI is InChI=1S/C23H21N3O2S2/c1-14-11-15(2)20(16(3)12-14)25-19(27)13-30-23-24-18-9-10-29-21(18)22(28)26(23)17-7-5-4-6-8-17/h4-12H,13H2,1-3H3,(H,25,27). The SMILES string of the molecule is Cc1cc(C)c(NC(=O)CSc2nc3ccsc3c(=O)n2-c2ccccc2)c(C)c1. The van der Waals surface area contributed by atoms with E-state index in [9.17, 15) is 9.59 Å². The molecule has 30 heavy (non-hydrogen) atoms. The van der Waals surface area contributed by atoms with Crippen molar-refractivity contribution >= 4 is 44.9 Å². The minimum atomic E-state index is -0.130. The zero-order valence-electron chi connectivity index (χ0n) is 16.9. The Morgan fingerprint density at radius 3 is 2.50 bits per heavy atom. The van der Waals surface area contributed by atoms with E-state index in [1.807, 2.05) is 62.5 Å². The summed E-state index contributed by atoms with van der Waals surface area (Å²) in [6.07, 6.45) is 0. The van der Waals surface area contributed by atoms with Crippen molar-refractivity contribution in [2.24, 2.45) is 0 Å². The fraction of sp³-hybridized carbons (Fsp3) is 0.174. The lowest BCUT2D eigenvalue weighted by Crippen LogP contribution is -2.22. The number of nitrogens with zero attached hydrogens (tertiary/aromatic N) is 2. The Morgan fingerprint density at radius 1 is 1.10 bits per heavy atom. The van der Waals surface area contributed by atoms with Crippen LogP contribution >= 0.6 is 23.1 Å². The molecule has 0 radical (unpaired) electrons. The van der Waals surface area contributed by atoms with Gasteiger partial charge >= 0.3 is 0 Å². The summed E-state index contributed by atoms with van der Waals surface area (Å²) in [7, 11) is 0. The first-order valence-corrected chi connectivity index (χ1v) is 11.4. The molecule has 0 atom stereocenters. The molecule has 0 aliphatic carbocycles. The van der Waals surface area contributed by atoms with Crippen molar-refractivity contribution in [1.82, 2.24) is 9.55 Å². The molecule has 0 saturated heterocycles. The predicted octanol–water partition coefficient (Wildman–Crippen LogP) is 5.10. The van der Waals surface area contributed by atoms with Crippen LogP contribution in [0.5, 0.6) is 0 Å². The third-order valence-corrected chi connectivity index (χ3v) is 6.57. The van der Waals surface area contributed by atoms with Gasteiger partial charge in [-0.05, 0) is 55.5 Å². The summed E-state index contributed by atoms with van der Waals surface area (Å²) in [5.74, 6) is 0.0242. The molecular formula is C23H21N3O2S2. The lowest BCUT2D eigenvalue weighted by molar-refractivity contribution is -0.113. The van der Waals surface area contributed by atoms with Crippen LogP contribution in [0.3, 0.4) is 0 Å². The predicted molar refractivity (Wildman–Crippen MR) is 125 cm³/mol. The number of anilines is 1. The summed E-state index contributed by atoms with van der Waals surface area (Å²) in [5, 5.41) is 5.37. The first kappa shape index (κ1) is 20.4. The largest absolute Gasteiger partial charge is 0.325 e. The Labute approximate surface area is 182 Å². The molecule has 2 heterocycles. The number of amides is 1. The van der Waals surface area contributed by atoms with E-state index in [1.54, 1.807) is 4.57 Å². The number of carbonyl (C=O) groups is 1. The van der Waals surface area contributed by atoms with Gasteiger partial charge in [-0.25, -0.2) is 4.98 Å². The van der Waals surface area contributed by atoms with Crippen LogP contribution in [0.4, 0.5) is 5.69 Å². The summed E-state index contributed by atoms with van der Waals surface area (Å²) >= 11 is 2.64. The summed E-state index contributed by atoms with van der Waals surface area (Å²) in [6, 6.07) is 15.3. The highest BCUT2D eigenvalue weighted by Gasteiger charge is 2.16. The average Bonchev–Trinajstić information content (AvgIpc) is 3.19. The maximum Gasteiger partial charge on any atom is 0.276 e. The molecule has 7 heteroatoms. The number of hydrogen-bond donors (Lipinski definition) is 1. The maximum absolute atomic E-state index is 13.1. The molecule has 2 aromatic carbocycles. The van der Waals surface area contributed by atoms with Gasteiger partial charge in [0.2, 0.25) is 5.91 Å². The molecule has 0 aliphatic heterocycles. The summed E-state index contributed by atoms with van der Waals surface area (Å²) in [4.78, 5) is 30.4. The van der Waals surface area contributed by atoms with Gasteiger partial charge in [0.1, 0.15) is 4.70 Å².